The number of aliphatic carboxylic acids is 1. The van der Waals surface area contributed by atoms with Crippen LogP contribution in [0.5, 0.6) is 0 Å². The van der Waals surface area contributed by atoms with Gasteiger partial charge in [-0.15, -0.1) is 0 Å². The fourth-order valence-electron chi connectivity index (χ4n) is 4.62. The third-order valence-corrected chi connectivity index (χ3v) is 10.4. The first-order valence-corrected chi connectivity index (χ1v) is 20.0. The first-order valence-electron chi connectivity index (χ1n) is 15.6. The van der Waals surface area contributed by atoms with Gasteiger partial charge in [0.25, 0.3) is 15.6 Å². The summed E-state index contributed by atoms with van der Waals surface area (Å²) in [6.07, 6.45) is -6.07. The number of nitrogens with zero attached hydrogens (tertiary/aromatic N) is 4. The summed E-state index contributed by atoms with van der Waals surface area (Å²) in [5.74, 6) is -3.31. The Bertz CT molecular complexity index is 1890. The first-order chi connectivity index (χ1) is 25.4. The summed E-state index contributed by atoms with van der Waals surface area (Å²) in [5, 5.41) is 34.4. The smallest absolute Gasteiger partial charge is 0.307 e. The molecular formula is C26H36N7O19P3-4. The lowest BCUT2D eigenvalue weighted by Crippen LogP contribution is -2.46. The fraction of sp³-hybridized carbons (Fsp3) is 0.577. The molecule has 0 aromatic carbocycles. The number of anilines is 1. The molecule has 29 heteroatoms. The summed E-state index contributed by atoms with van der Waals surface area (Å²) >= 11 is 0. The highest BCUT2D eigenvalue weighted by Crippen LogP contribution is 2.56. The van der Waals surface area contributed by atoms with Crippen LogP contribution in [0.15, 0.2) is 24.8 Å². The lowest BCUT2D eigenvalue weighted by molar-refractivity contribution is -0.347. The second-order valence-electron chi connectivity index (χ2n) is 12.2. The van der Waals surface area contributed by atoms with Crippen molar-refractivity contribution in [3.63, 3.8) is 0 Å². The van der Waals surface area contributed by atoms with Gasteiger partial charge in [0, 0.05) is 31.3 Å². The second-order valence-corrected chi connectivity index (χ2v) is 16.3. The third-order valence-electron chi connectivity index (χ3n) is 7.34. The number of carboxylic acid groups (broad SMARTS) is 1. The first kappa shape index (κ1) is 45.8. The van der Waals surface area contributed by atoms with Gasteiger partial charge < -0.3 is 74.1 Å². The van der Waals surface area contributed by atoms with Crippen LogP contribution in [0.2, 0.25) is 0 Å². The van der Waals surface area contributed by atoms with Crippen LogP contribution >= 0.6 is 23.5 Å². The number of rotatable bonds is 22. The number of carboxylic acids is 1. The van der Waals surface area contributed by atoms with Crippen LogP contribution in [-0.2, 0) is 55.5 Å². The summed E-state index contributed by atoms with van der Waals surface area (Å²) in [4.78, 5) is 106. The molecule has 1 aliphatic rings. The Morgan fingerprint density at radius 2 is 1.71 bits per heavy atom. The van der Waals surface area contributed by atoms with Crippen molar-refractivity contribution in [1.29, 1.82) is 0 Å². The molecular weight excluding hydrogens is 807 g/mol. The summed E-state index contributed by atoms with van der Waals surface area (Å²) in [7, 11) is -17.6. The van der Waals surface area contributed by atoms with Gasteiger partial charge >= 0.3 is 5.97 Å². The van der Waals surface area contributed by atoms with Crippen molar-refractivity contribution >= 4 is 64.0 Å². The summed E-state index contributed by atoms with van der Waals surface area (Å²) < 4.78 is 60.2. The van der Waals surface area contributed by atoms with Gasteiger partial charge in [0.05, 0.1) is 33.8 Å². The average molecular weight is 844 g/mol. The van der Waals surface area contributed by atoms with Gasteiger partial charge in [-0.25, -0.2) is 19.3 Å². The number of aliphatic hydroxyl groups excluding tert-OH is 2. The lowest BCUT2D eigenvalue weighted by Gasteiger charge is -2.36. The fourth-order valence-corrected chi connectivity index (χ4v) is 7.35. The molecule has 0 saturated carbocycles. The number of amides is 2. The normalized spacial score (nSPS) is 21.9. The Balaban J connectivity index is 1.50. The highest BCUT2D eigenvalue weighted by Gasteiger charge is 2.47. The molecule has 0 bridgehead atoms. The molecule has 2 aromatic heterocycles. The Morgan fingerprint density at radius 3 is 2.36 bits per heavy atom. The van der Waals surface area contributed by atoms with Crippen molar-refractivity contribution in [3.05, 3.63) is 24.8 Å². The van der Waals surface area contributed by atoms with Crippen LogP contribution in [0.4, 0.5) is 5.82 Å². The van der Waals surface area contributed by atoms with E-state index < -0.39 is 96.3 Å². The Morgan fingerprint density at radius 1 is 1.05 bits per heavy atom. The molecule has 0 aliphatic carbocycles. The van der Waals surface area contributed by atoms with Gasteiger partial charge in [-0.3, -0.25) is 32.9 Å². The number of hydrogen-bond acceptors (Lipinski definition) is 22. The van der Waals surface area contributed by atoms with E-state index in [1.54, 1.807) is 0 Å². The molecule has 1 saturated heterocycles. The number of phosphoric ester groups is 3. The monoisotopic (exact) mass is 843 g/mol. The van der Waals surface area contributed by atoms with Crippen molar-refractivity contribution in [2.75, 3.05) is 32.0 Å². The van der Waals surface area contributed by atoms with Crippen LogP contribution in [0.1, 0.15) is 39.3 Å². The van der Waals surface area contributed by atoms with Crippen molar-refractivity contribution < 1.29 is 90.4 Å². The minimum atomic E-state index is -5.93. The van der Waals surface area contributed by atoms with Crippen LogP contribution in [0, 0.1) is 5.41 Å². The van der Waals surface area contributed by atoms with Crippen LogP contribution in [0.25, 0.3) is 11.2 Å². The molecule has 7 N–H and O–H groups in total. The van der Waals surface area contributed by atoms with E-state index in [1.165, 1.54) is 0 Å². The maximum atomic E-state index is 12.5. The highest BCUT2D eigenvalue weighted by atomic mass is 31.3. The third kappa shape index (κ3) is 14.1. The topological polar surface area (TPSA) is 412 Å². The van der Waals surface area contributed by atoms with Crippen LogP contribution < -0.4 is 35.9 Å². The number of carbonyl (C=O) groups excluding carboxylic acids is 3. The summed E-state index contributed by atoms with van der Waals surface area (Å²) in [6, 6.07) is 0. The van der Waals surface area contributed by atoms with E-state index in [0.717, 1.165) is 43.2 Å². The van der Waals surface area contributed by atoms with E-state index in [1.807, 2.05) is 0 Å². The number of imidazole rings is 1. The van der Waals surface area contributed by atoms with Crippen molar-refractivity contribution in [1.82, 2.24) is 30.2 Å². The van der Waals surface area contributed by atoms with E-state index >= 15 is 0 Å². The molecule has 2 aromatic rings. The van der Waals surface area contributed by atoms with Crippen molar-refractivity contribution in [3.8, 4) is 0 Å². The highest BCUT2D eigenvalue weighted by molar-refractivity contribution is 7.59. The van der Waals surface area contributed by atoms with Gasteiger partial charge in [0.2, 0.25) is 11.8 Å². The van der Waals surface area contributed by atoms with E-state index in [0.29, 0.717) is 0 Å². The molecule has 26 nitrogen and oxygen atoms in total. The molecule has 7 atom stereocenters. The minimum Gasteiger partial charge on any atom is -0.790 e. The molecule has 0 radical (unpaired) electrons. The average Bonchev–Trinajstić information content (AvgIpc) is 3.62. The van der Waals surface area contributed by atoms with Gasteiger partial charge in [-0.1, -0.05) is 19.9 Å². The van der Waals surface area contributed by atoms with Crippen molar-refractivity contribution in [2.45, 2.75) is 63.8 Å². The Hall–Kier alpha value is -3.58. The Kier molecular flexibility index (Phi) is 15.9. The predicted molar refractivity (Wildman–Crippen MR) is 172 cm³/mol. The molecule has 55 heavy (non-hydrogen) atoms. The van der Waals surface area contributed by atoms with E-state index in [4.69, 9.17) is 15.6 Å². The van der Waals surface area contributed by atoms with Crippen LogP contribution in [-0.4, -0.2) is 109 Å². The largest absolute Gasteiger partial charge is 0.790 e. The number of aromatic nitrogens is 4. The zero-order valence-corrected chi connectivity index (χ0v) is 31.4. The van der Waals surface area contributed by atoms with E-state index in [9.17, 15) is 62.7 Å². The summed E-state index contributed by atoms with van der Waals surface area (Å²) in [6.45, 7) is -0.385. The Labute approximate surface area is 310 Å². The molecule has 1 aliphatic heterocycles. The van der Waals surface area contributed by atoms with Gasteiger partial charge in [0.15, 0.2) is 23.5 Å². The number of ketones is 1. The lowest BCUT2D eigenvalue weighted by atomic mass is 9.87. The number of hydrogen-bond donors (Lipinski definition) is 6. The molecule has 3 rings (SSSR count). The number of nitrogen functional groups attached to an aromatic ring is 1. The number of nitrogens with two attached hydrogens (primary N) is 1. The second kappa shape index (κ2) is 19.0. The number of ether oxygens (including phenoxy) is 1. The van der Waals surface area contributed by atoms with Gasteiger partial charge in [0.1, 0.15) is 36.3 Å². The van der Waals surface area contributed by atoms with E-state index in [2.05, 4.69) is 43.5 Å². The molecule has 2 amide bonds. The quantitative estimate of drug-likeness (QED) is 0.0484. The van der Waals surface area contributed by atoms with Gasteiger partial charge in [-0.05, 0) is 6.08 Å². The zero-order valence-electron chi connectivity index (χ0n) is 28.7. The maximum Gasteiger partial charge on any atom is 0.307 e. The molecule has 308 valence electrons. The minimum absolute atomic E-state index is 0.0313. The van der Waals surface area contributed by atoms with Gasteiger partial charge in [-0.2, -0.15) is 0 Å². The van der Waals surface area contributed by atoms with E-state index in [-0.39, 0.29) is 49.3 Å². The molecule has 0 spiro atoms. The van der Waals surface area contributed by atoms with Crippen molar-refractivity contribution in [2.24, 2.45) is 5.41 Å². The predicted octanol–water partition coefficient (Wildman–Crippen LogP) is -4.13. The molecule has 7 unspecified atom stereocenters. The zero-order chi connectivity index (χ0) is 41.4. The number of nitrogens with one attached hydrogen (secondary N) is 2. The number of phosphoric acid groups is 3. The summed E-state index contributed by atoms with van der Waals surface area (Å²) in [5.41, 5.74) is 3.99. The maximum absolute atomic E-state index is 12.5. The van der Waals surface area contributed by atoms with Crippen LogP contribution in [0.3, 0.4) is 0 Å². The number of allylic oxidation sites excluding steroid dienone is 1. The SMILES string of the molecule is CC(C)(COP(=O)([O-])OP(=O)([O-])OCC1OC(n2cnc3c(N)ncnc32)C(O)C1OP(=O)([O-])[O-])C(O)C(=O)NCCC(=O)NCCC(=O)/C=C/CC(=O)O. The molecule has 1 fully saturated rings. The number of aliphatic hydroxyl groups is 2. The standard InChI is InChI=1S/C26H40N7O19P3/c1-26(2,21(39)24(40)29-9-7-16(35)28-8-6-14(34)4-3-5-17(36)37)11-49-55(46,47)52-54(44,45)48-10-15-20(51-53(41,42)43)19(38)25(50-15)33-13-32-18-22(27)30-12-31-23(18)33/h3-4,12-13,15,19-21,25,38-39H,5-11H2,1-2H3,(H,28,35)(H,29,40)(H,36,37)(H,44,45)(H,46,47)(H2,27,30,31)(H2,41,42,43)/p-4/b4-3+. The number of carbonyl (C=O) groups is 4. The number of fused-ring (bicyclic) bond motifs is 1. The molecule has 3 heterocycles.